The van der Waals surface area contributed by atoms with E-state index in [2.05, 4.69) is 30.6 Å². The second-order valence-electron chi connectivity index (χ2n) is 4.72. The van der Waals surface area contributed by atoms with Crippen LogP contribution in [-0.4, -0.2) is 37.6 Å². The first-order chi connectivity index (χ1) is 7.26. The Morgan fingerprint density at radius 2 is 2.00 bits per heavy atom. The highest BCUT2D eigenvalue weighted by molar-refractivity contribution is 4.87. The second-order valence-corrected chi connectivity index (χ2v) is 4.72. The van der Waals surface area contributed by atoms with Crippen molar-refractivity contribution < 1.29 is 0 Å². The van der Waals surface area contributed by atoms with Crippen LogP contribution in [0.2, 0.25) is 0 Å². The molecule has 15 heavy (non-hydrogen) atoms. The van der Waals surface area contributed by atoms with Gasteiger partial charge in [-0.3, -0.25) is 4.90 Å². The molecule has 0 aromatic carbocycles. The molecule has 88 valence electrons. The molecule has 0 saturated carbocycles. The standard InChI is InChI=1S/C13H26N2/c1-4-11-15(6-3)12-13(5-2)7-9-14-10-8-13/h4,14H,1,5-12H2,2-3H3. The van der Waals surface area contributed by atoms with E-state index in [1.807, 2.05) is 6.08 Å². The highest BCUT2D eigenvalue weighted by Crippen LogP contribution is 2.33. The minimum Gasteiger partial charge on any atom is -0.317 e. The molecule has 2 heteroatoms. The van der Waals surface area contributed by atoms with Crippen LogP contribution in [0, 0.1) is 5.41 Å². The first kappa shape index (κ1) is 12.7. The SMILES string of the molecule is C=CCN(CC)CC1(CC)CCNCC1. The normalized spacial score (nSPS) is 20.5. The van der Waals surface area contributed by atoms with Crippen molar-refractivity contribution in [1.82, 2.24) is 10.2 Å². The van der Waals surface area contributed by atoms with Crippen LogP contribution in [0.25, 0.3) is 0 Å². The third kappa shape index (κ3) is 3.62. The zero-order valence-corrected chi connectivity index (χ0v) is 10.4. The van der Waals surface area contributed by atoms with E-state index < -0.39 is 0 Å². The molecule has 1 aliphatic heterocycles. The molecular formula is C13H26N2. The summed E-state index contributed by atoms with van der Waals surface area (Å²) < 4.78 is 0. The van der Waals surface area contributed by atoms with Crippen LogP contribution in [0.5, 0.6) is 0 Å². The maximum Gasteiger partial charge on any atom is 0.0160 e. The lowest BCUT2D eigenvalue weighted by molar-refractivity contribution is 0.117. The van der Waals surface area contributed by atoms with Crippen LogP contribution in [0.15, 0.2) is 12.7 Å². The van der Waals surface area contributed by atoms with Crippen molar-refractivity contribution in [2.75, 3.05) is 32.7 Å². The van der Waals surface area contributed by atoms with E-state index >= 15 is 0 Å². The van der Waals surface area contributed by atoms with E-state index in [4.69, 9.17) is 0 Å². The maximum atomic E-state index is 3.84. The number of hydrogen-bond acceptors (Lipinski definition) is 2. The van der Waals surface area contributed by atoms with Gasteiger partial charge in [-0.15, -0.1) is 6.58 Å². The van der Waals surface area contributed by atoms with Crippen LogP contribution in [-0.2, 0) is 0 Å². The van der Waals surface area contributed by atoms with Gasteiger partial charge in [-0.1, -0.05) is 19.9 Å². The zero-order valence-electron chi connectivity index (χ0n) is 10.4. The molecule has 1 N–H and O–H groups in total. The Balaban J connectivity index is 2.52. The summed E-state index contributed by atoms with van der Waals surface area (Å²) in [5.74, 6) is 0. The van der Waals surface area contributed by atoms with Gasteiger partial charge in [0.15, 0.2) is 0 Å². The Morgan fingerprint density at radius 1 is 1.33 bits per heavy atom. The van der Waals surface area contributed by atoms with E-state index in [0.717, 1.165) is 13.1 Å². The molecule has 0 amide bonds. The minimum atomic E-state index is 0.560. The predicted octanol–water partition coefficient (Wildman–Crippen LogP) is 2.27. The lowest BCUT2D eigenvalue weighted by Gasteiger charge is -2.40. The van der Waals surface area contributed by atoms with Crippen molar-refractivity contribution in [1.29, 1.82) is 0 Å². The van der Waals surface area contributed by atoms with Crippen LogP contribution >= 0.6 is 0 Å². The molecule has 0 unspecified atom stereocenters. The molecule has 0 aromatic heterocycles. The molecule has 1 fully saturated rings. The van der Waals surface area contributed by atoms with Gasteiger partial charge in [0, 0.05) is 13.1 Å². The minimum absolute atomic E-state index is 0.560. The quantitative estimate of drug-likeness (QED) is 0.677. The van der Waals surface area contributed by atoms with E-state index in [9.17, 15) is 0 Å². The predicted molar refractivity (Wildman–Crippen MR) is 67.1 cm³/mol. The Hall–Kier alpha value is -0.340. The first-order valence-corrected chi connectivity index (χ1v) is 6.30. The Bertz CT molecular complexity index is 183. The monoisotopic (exact) mass is 210 g/mol. The summed E-state index contributed by atoms with van der Waals surface area (Å²) in [5.41, 5.74) is 0.560. The van der Waals surface area contributed by atoms with E-state index in [-0.39, 0.29) is 0 Å². The summed E-state index contributed by atoms with van der Waals surface area (Å²) >= 11 is 0. The third-order valence-electron chi connectivity index (χ3n) is 3.81. The van der Waals surface area contributed by atoms with Gasteiger partial charge in [-0.2, -0.15) is 0 Å². The lowest BCUT2D eigenvalue weighted by atomic mass is 9.76. The van der Waals surface area contributed by atoms with Crippen LogP contribution in [0.1, 0.15) is 33.1 Å². The molecule has 0 spiro atoms. The highest BCUT2D eigenvalue weighted by Gasteiger charge is 2.31. The summed E-state index contributed by atoms with van der Waals surface area (Å²) in [7, 11) is 0. The summed E-state index contributed by atoms with van der Waals surface area (Å²) in [6.07, 6.45) is 5.99. The Labute approximate surface area is 94.7 Å². The van der Waals surface area contributed by atoms with Crippen molar-refractivity contribution >= 4 is 0 Å². The summed E-state index contributed by atoms with van der Waals surface area (Å²) in [6.45, 7) is 14.2. The molecule has 1 heterocycles. The number of likely N-dealkylation sites (N-methyl/N-ethyl adjacent to an activating group) is 1. The highest BCUT2D eigenvalue weighted by atomic mass is 15.1. The van der Waals surface area contributed by atoms with Gasteiger partial charge in [-0.25, -0.2) is 0 Å². The van der Waals surface area contributed by atoms with Crippen LogP contribution in [0.4, 0.5) is 0 Å². The van der Waals surface area contributed by atoms with Gasteiger partial charge in [0.25, 0.3) is 0 Å². The van der Waals surface area contributed by atoms with Gasteiger partial charge >= 0.3 is 0 Å². The van der Waals surface area contributed by atoms with Crippen molar-refractivity contribution in [3.8, 4) is 0 Å². The van der Waals surface area contributed by atoms with Crippen molar-refractivity contribution in [2.24, 2.45) is 5.41 Å². The third-order valence-corrected chi connectivity index (χ3v) is 3.81. The fraction of sp³-hybridized carbons (Fsp3) is 0.846. The van der Waals surface area contributed by atoms with Crippen LogP contribution < -0.4 is 5.32 Å². The molecular weight excluding hydrogens is 184 g/mol. The van der Waals surface area contributed by atoms with E-state index in [1.165, 1.54) is 38.9 Å². The molecule has 1 rings (SSSR count). The van der Waals surface area contributed by atoms with Gasteiger partial charge in [-0.05, 0) is 44.3 Å². The largest absolute Gasteiger partial charge is 0.317 e. The molecule has 1 aliphatic rings. The fourth-order valence-corrected chi connectivity index (χ4v) is 2.54. The second kappa shape index (κ2) is 6.29. The zero-order chi connectivity index (χ0) is 11.1. The Kier molecular flexibility index (Phi) is 5.34. The molecule has 0 bridgehead atoms. The van der Waals surface area contributed by atoms with Gasteiger partial charge < -0.3 is 5.32 Å². The number of piperidine rings is 1. The number of nitrogens with one attached hydrogen (secondary N) is 1. The van der Waals surface area contributed by atoms with E-state index in [1.54, 1.807) is 0 Å². The molecule has 1 saturated heterocycles. The average molecular weight is 210 g/mol. The van der Waals surface area contributed by atoms with Crippen molar-refractivity contribution in [3.05, 3.63) is 12.7 Å². The fourth-order valence-electron chi connectivity index (χ4n) is 2.54. The molecule has 0 atom stereocenters. The smallest absolute Gasteiger partial charge is 0.0160 e. The lowest BCUT2D eigenvalue weighted by Crippen LogP contribution is -2.44. The number of rotatable bonds is 6. The number of nitrogens with zero attached hydrogens (tertiary/aromatic N) is 1. The summed E-state index contributed by atoms with van der Waals surface area (Å²) in [5, 5.41) is 3.46. The van der Waals surface area contributed by atoms with Crippen LogP contribution in [0.3, 0.4) is 0 Å². The molecule has 0 radical (unpaired) electrons. The Morgan fingerprint density at radius 3 is 2.47 bits per heavy atom. The van der Waals surface area contributed by atoms with Crippen molar-refractivity contribution in [2.45, 2.75) is 33.1 Å². The topological polar surface area (TPSA) is 15.3 Å². The maximum absolute atomic E-state index is 3.84. The van der Waals surface area contributed by atoms with Gasteiger partial charge in [0.05, 0.1) is 0 Å². The van der Waals surface area contributed by atoms with Crippen molar-refractivity contribution in [3.63, 3.8) is 0 Å². The average Bonchev–Trinajstić information content (AvgIpc) is 2.30. The first-order valence-electron chi connectivity index (χ1n) is 6.30. The van der Waals surface area contributed by atoms with Gasteiger partial charge in [0.1, 0.15) is 0 Å². The summed E-state index contributed by atoms with van der Waals surface area (Å²) in [6, 6.07) is 0. The molecule has 0 aliphatic carbocycles. The number of hydrogen-bond donors (Lipinski definition) is 1. The molecule has 2 nitrogen and oxygen atoms in total. The van der Waals surface area contributed by atoms with Gasteiger partial charge in [0.2, 0.25) is 0 Å². The molecule has 0 aromatic rings. The summed E-state index contributed by atoms with van der Waals surface area (Å²) in [4.78, 5) is 2.52. The van der Waals surface area contributed by atoms with E-state index in [0.29, 0.717) is 5.41 Å².